The highest BCUT2D eigenvalue weighted by Crippen LogP contribution is 2.28. The van der Waals surface area contributed by atoms with Gasteiger partial charge in [-0.25, -0.2) is 0 Å². The Morgan fingerprint density at radius 3 is 2.33 bits per heavy atom. The van der Waals surface area contributed by atoms with Crippen molar-refractivity contribution in [3.63, 3.8) is 0 Å². The molecular formula is C10H10Cl2. The SMILES string of the molecule is C=C(C)c1cc(Cl)c(C)cc1Cl. The number of allylic oxidation sites excluding steroid dienone is 1. The van der Waals surface area contributed by atoms with E-state index in [2.05, 4.69) is 6.58 Å². The molecule has 0 aliphatic heterocycles. The minimum atomic E-state index is 0.712. The molecule has 1 rings (SSSR count). The Morgan fingerprint density at radius 2 is 1.83 bits per heavy atom. The van der Waals surface area contributed by atoms with Crippen LogP contribution in [-0.4, -0.2) is 0 Å². The summed E-state index contributed by atoms with van der Waals surface area (Å²) in [7, 11) is 0. The highest BCUT2D eigenvalue weighted by Gasteiger charge is 2.04. The molecule has 1 aromatic carbocycles. The number of hydrogen-bond acceptors (Lipinski definition) is 0. The normalized spacial score (nSPS) is 10.0. The van der Waals surface area contributed by atoms with Gasteiger partial charge in [-0.3, -0.25) is 0 Å². The molecule has 64 valence electrons. The van der Waals surface area contributed by atoms with Crippen LogP contribution in [0.5, 0.6) is 0 Å². The van der Waals surface area contributed by atoms with Crippen molar-refractivity contribution >= 4 is 28.8 Å². The Hall–Kier alpha value is -0.460. The second-order valence-electron chi connectivity index (χ2n) is 2.86. The summed E-state index contributed by atoms with van der Waals surface area (Å²) in [4.78, 5) is 0. The van der Waals surface area contributed by atoms with Gasteiger partial charge in [-0.05, 0) is 42.7 Å². The van der Waals surface area contributed by atoms with Gasteiger partial charge in [0.2, 0.25) is 0 Å². The molecule has 0 unspecified atom stereocenters. The van der Waals surface area contributed by atoms with Crippen LogP contribution in [0.25, 0.3) is 5.57 Å². The minimum absolute atomic E-state index is 0.712. The van der Waals surface area contributed by atoms with Crippen LogP contribution < -0.4 is 0 Å². The molecule has 0 N–H and O–H groups in total. The largest absolute Gasteiger partial charge is 0.0955 e. The van der Waals surface area contributed by atoms with Crippen molar-refractivity contribution in [2.75, 3.05) is 0 Å². The molecule has 0 saturated heterocycles. The standard InChI is InChI=1S/C10H10Cl2/c1-6(2)8-5-9(11)7(3)4-10(8)12/h4-5H,1H2,2-3H3. The van der Waals surface area contributed by atoms with Crippen LogP contribution in [0.3, 0.4) is 0 Å². The highest BCUT2D eigenvalue weighted by molar-refractivity contribution is 6.35. The molecule has 12 heavy (non-hydrogen) atoms. The topological polar surface area (TPSA) is 0 Å². The maximum atomic E-state index is 5.98. The molecule has 0 aromatic heterocycles. The van der Waals surface area contributed by atoms with Crippen molar-refractivity contribution in [2.45, 2.75) is 13.8 Å². The van der Waals surface area contributed by atoms with Crippen molar-refractivity contribution in [1.29, 1.82) is 0 Å². The van der Waals surface area contributed by atoms with Gasteiger partial charge in [0.1, 0.15) is 0 Å². The van der Waals surface area contributed by atoms with Crippen LogP contribution in [0.4, 0.5) is 0 Å². The molecule has 0 heterocycles. The van der Waals surface area contributed by atoms with Crippen LogP contribution in [0.1, 0.15) is 18.1 Å². The van der Waals surface area contributed by atoms with Gasteiger partial charge >= 0.3 is 0 Å². The smallest absolute Gasteiger partial charge is 0.0484 e. The summed E-state index contributed by atoms with van der Waals surface area (Å²) in [6, 6.07) is 3.70. The monoisotopic (exact) mass is 200 g/mol. The van der Waals surface area contributed by atoms with Crippen molar-refractivity contribution in [3.05, 3.63) is 39.9 Å². The van der Waals surface area contributed by atoms with Crippen LogP contribution in [0, 0.1) is 6.92 Å². The quantitative estimate of drug-likeness (QED) is 0.634. The summed E-state index contributed by atoms with van der Waals surface area (Å²) < 4.78 is 0. The number of halogens is 2. The molecule has 1 aromatic rings. The Bertz CT molecular complexity index is 327. The fourth-order valence-electron chi connectivity index (χ4n) is 0.973. The molecule has 0 aliphatic carbocycles. The lowest BCUT2D eigenvalue weighted by molar-refractivity contribution is 1.44. The summed E-state index contributed by atoms with van der Waals surface area (Å²) in [5.41, 5.74) is 2.85. The van der Waals surface area contributed by atoms with E-state index in [0.717, 1.165) is 21.7 Å². The third-order valence-corrected chi connectivity index (χ3v) is 2.43. The van der Waals surface area contributed by atoms with Gasteiger partial charge in [0.25, 0.3) is 0 Å². The van der Waals surface area contributed by atoms with Gasteiger partial charge in [-0.1, -0.05) is 29.8 Å². The number of aryl methyl sites for hydroxylation is 1. The van der Waals surface area contributed by atoms with E-state index in [1.54, 1.807) is 0 Å². The molecule has 0 amide bonds. The predicted molar refractivity (Wildman–Crippen MR) is 55.9 cm³/mol. The van der Waals surface area contributed by atoms with Crippen molar-refractivity contribution in [1.82, 2.24) is 0 Å². The fourth-order valence-corrected chi connectivity index (χ4v) is 1.52. The Labute approximate surface area is 82.8 Å². The van der Waals surface area contributed by atoms with Crippen molar-refractivity contribution in [3.8, 4) is 0 Å². The zero-order valence-corrected chi connectivity index (χ0v) is 8.63. The molecule has 0 spiro atoms. The average molecular weight is 201 g/mol. The molecule has 0 fully saturated rings. The van der Waals surface area contributed by atoms with E-state index < -0.39 is 0 Å². The number of hydrogen-bond donors (Lipinski definition) is 0. The maximum absolute atomic E-state index is 5.98. The predicted octanol–water partition coefficient (Wildman–Crippen LogP) is 4.33. The first-order chi connectivity index (χ1) is 5.52. The van der Waals surface area contributed by atoms with Gasteiger partial charge < -0.3 is 0 Å². The third-order valence-electron chi connectivity index (χ3n) is 1.71. The van der Waals surface area contributed by atoms with Crippen LogP contribution >= 0.6 is 23.2 Å². The second-order valence-corrected chi connectivity index (χ2v) is 3.68. The molecule has 0 nitrogen and oxygen atoms in total. The maximum Gasteiger partial charge on any atom is 0.0484 e. The Balaban J connectivity index is 3.33. The molecule has 2 heteroatoms. The molecule has 0 radical (unpaired) electrons. The lowest BCUT2D eigenvalue weighted by Crippen LogP contribution is -1.83. The van der Waals surface area contributed by atoms with E-state index in [1.165, 1.54) is 0 Å². The van der Waals surface area contributed by atoms with E-state index >= 15 is 0 Å². The molecular weight excluding hydrogens is 191 g/mol. The first-order valence-corrected chi connectivity index (χ1v) is 4.39. The van der Waals surface area contributed by atoms with Crippen molar-refractivity contribution in [2.24, 2.45) is 0 Å². The summed E-state index contributed by atoms with van der Waals surface area (Å²) in [5, 5.41) is 1.45. The van der Waals surface area contributed by atoms with Gasteiger partial charge in [-0.15, -0.1) is 0 Å². The summed E-state index contributed by atoms with van der Waals surface area (Å²) in [6.45, 7) is 7.65. The van der Waals surface area contributed by atoms with E-state index in [4.69, 9.17) is 23.2 Å². The lowest BCUT2D eigenvalue weighted by atomic mass is 10.1. The lowest BCUT2D eigenvalue weighted by Gasteiger charge is -2.05. The summed E-state index contributed by atoms with van der Waals surface area (Å²) >= 11 is 11.9. The van der Waals surface area contributed by atoms with Gasteiger partial charge in [0.05, 0.1) is 0 Å². The number of rotatable bonds is 1. The summed E-state index contributed by atoms with van der Waals surface area (Å²) in [6.07, 6.45) is 0. The molecule has 0 saturated carbocycles. The zero-order valence-electron chi connectivity index (χ0n) is 7.12. The van der Waals surface area contributed by atoms with Crippen LogP contribution in [0.2, 0.25) is 10.0 Å². The van der Waals surface area contributed by atoms with Gasteiger partial charge in [0, 0.05) is 10.0 Å². The van der Waals surface area contributed by atoms with E-state index in [1.807, 2.05) is 26.0 Å². The van der Waals surface area contributed by atoms with Gasteiger partial charge in [0.15, 0.2) is 0 Å². The first-order valence-electron chi connectivity index (χ1n) is 3.64. The Kier molecular flexibility index (Phi) is 2.81. The Morgan fingerprint density at radius 1 is 1.25 bits per heavy atom. The van der Waals surface area contributed by atoms with Crippen LogP contribution in [-0.2, 0) is 0 Å². The molecule has 0 bridgehead atoms. The van der Waals surface area contributed by atoms with E-state index in [-0.39, 0.29) is 0 Å². The van der Waals surface area contributed by atoms with E-state index in [9.17, 15) is 0 Å². The molecule has 0 aliphatic rings. The number of benzene rings is 1. The summed E-state index contributed by atoms with van der Waals surface area (Å²) in [5.74, 6) is 0. The first kappa shape index (κ1) is 9.63. The fraction of sp³-hybridized carbons (Fsp3) is 0.200. The van der Waals surface area contributed by atoms with E-state index in [0.29, 0.717) is 5.02 Å². The third kappa shape index (κ3) is 1.82. The highest BCUT2D eigenvalue weighted by atomic mass is 35.5. The average Bonchev–Trinajstić information content (AvgIpc) is 1.96. The van der Waals surface area contributed by atoms with Crippen LogP contribution in [0.15, 0.2) is 18.7 Å². The second kappa shape index (κ2) is 3.51. The van der Waals surface area contributed by atoms with Gasteiger partial charge in [-0.2, -0.15) is 0 Å². The zero-order chi connectivity index (χ0) is 9.30. The minimum Gasteiger partial charge on any atom is -0.0955 e. The molecule has 0 atom stereocenters. The van der Waals surface area contributed by atoms with Crippen molar-refractivity contribution < 1.29 is 0 Å².